The number of halogens is 2. The fourth-order valence-corrected chi connectivity index (χ4v) is 3.25. The smallest absolute Gasteiger partial charge is 0.168 e. The number of benzene rings is 2. The summed E-state index contributed by atoms with van der Waals surface area (Å²) in [6.45, 7) is 0. The minimum absolute atomic E-state index is 0.0320. The number of rotatable bonds is 3. The highest BCUT2D eigenvalue weighted by Crippen LogP contribution is 2.25. The molecule has 3 heteroatoms. The van der Waals surface area contributed by atoms with E-state index in [0.29, 0.717) is 22.0 Å². The molecule has 0 N–H and O–H groups in total. The Morgan fingerprint density at radius 3 is 2.60 bits per heavy atom. The number of hydrogen-bond donors (Lipinski definition) is 0. The average molecular weight is 305 g/mol. The van der Waals surface area contributed by atoms with Crippen molar-refractivity contribution in [3.63, 3.8) is 0 Å². The number of fused-ring (bicyclic) bond motifs is 1. The van der Waals surface area contributed by atoms with Crippen LogP contribution < -0.4 is 0 Å². The van der Waals surface area contributed by atoms with Gasteiger partial charge in [0.25, 0.3) is 0 Å². The Bertz CT molecular complexity index is 677. The highest BCUT2D eigenvalue weighted by atomic mass is 35.5. The maximum absolute atomic E-state index is 12.3. The van der Waals surface area contributed by atoms with Crippen molar-refractivity contribution in [2.45, 2.75) is 25.7 Å². The molecule has 0 radical (unpaired) electrons. The van der Waals surface area contributed by atoms with Crippen molar-refractivity contribution in [1.82, 2.24) is 0 Å². The van der Waals surface area contributed by atoms with Gasteiger partial charge in [-0.05, 0) is 54.2 Å². The highest BCUT2D eigenvalue weighted by molar-refractivity contribution is 6.36. The molecule has 0 amide bonds. The van der Waals surface area contributed by atoms with Gasteiger partial charge in [0, 0.05) is 17.0 Å². The van der Waals surface area contributed by atoms with Crippen molar-refractivity contribution >= 4 is 29.0 Å². The van der Waals surface area contributed by atoms with E-state index in [1.54, 1.807) is 18.2 Å². The lowest BCUT2D eigenvalue weighted by atomic mass is 9.99. The summed E-state index contributed by atoms with van der Waals surface area (Å²) in [6, 6.07) is 11.4. The van der Waals surface area contributed by atoms with E-state index >= 15 is 0 Å². The van der Waals surface area contributed by atoms with E-state index in [1.807, 2.05) is 6.07 Å². The molecule has 0 unspecified atom stereocenters. The number of ketones is 1. The maximum Gasteiger partial charge on any atom is 0.168 e. The molecule has 0 bridgehead atoms. The van der Waals surface area contributed by atoms with E-state index in [-0.39, 0.29) is 5.78 Å². The molecule has 0 aromatic heterocycles. The van der Waals surface area contributed by atoms with Crippen LogP contribution in [0.5, 0.6) is 0 Å². The first-order valence-electron chi connectivity index (χ1n) is 6.72. The fraction of sp³-hybridized carbons (Fsp3) is 0.235. The maximum atomic E-state index is 12.3. The summed E-state index contributed by atoms with van der Waals surface area (Å²) in [5.41, 5.74) is 4.40. The van der Waals surface area contributed by atoms with Gasteiger partial charge in [0.1, 0.15) is 0 Å². The van der Waals surface area contributed by atoms with Crippen molar-refractivity contribution in [2.75, 3.05) is 0 Å². The molecule has 0 aliphatic heterocycles. The first kappa shape index (κ1) is 13.7. The molecule has 1 aliphatic rings. The molecule has 2 aromatic carbocycles. The molecular formula is C17H14Cl2O. The quantitative estimate of drug-likeness (QED) is 0.737. The van der Waals surface area contributed by atoms with E-state index in [0.717, 1.165) is 18.4 Å². The molecule has 0 fully saturated rings. The summed E-state index contributed by atoms with van der Waals surface area (Å²) in [6.07, 6.45) is 3.88. The van der Waals surface area contributed by atoms with Crippen molar-refractivity contribution in [3.05, 3.63) is 68.7 Å². The Kier molecular flexibility index (Phi) is 3.82. The van der Waals surface area contributed by atoms with Crippen LogP contribution in [0.4, 0.5) is 0 Å². The topological polar surface area (TPSA) is 17.1 Å². The van der Waals surface area contributed by atoms with E-state index < -0.39 is 0 Å². The summed E-state index contributed by atoms with van der Waals surface area (Å²) in [5.74, 6) is 0.0320. The molecule has 0 heterocycles. The van der Waals surface area contributed by atoms with Crippen LogP contribution in [0.25, 0.3) is 0 Å². The molecule has 0 saturated carbocycles. The lowest BCUT2D eigenvalue weighted by Crippen LogP contribution is -2.04. The molecule has 0 saturated heterocycles. The Morgan fingerprint density at radius 2 is 1.80 bits per heavy atom. The normalized spacial score (nSPS) is 13.3. The van der Waals surface area contributed by atoms with E-state index in [1.165, 1.54) is 17.5 Å². The van der Waals surface area contributed by atoms with Gasteiger partial charge in [-0.15, -0.1) is 0 Å². The van der Waals surface area contributed by atoms with Crippen molar-refractivity contribution in [2.24, 2.45) is 0 Å². The van der Waals surface area contributed by atoms with Gasteiger partial charge in [0.05, 0.1) is 5.02 Å². The van der Waals surface area contributed by atoms with Gasteiger partial charge in [-0.25, -0.2) is 0 Å². The molecule has 0 atom stereocenters. The second-order valence-electron chi connectivity index (χ2n) is 5.18. The number of Topliss-reactive ketones (excluding diaryl/α,β-unsaturated/α-hetero) is 1. The van der Waals surface area contributed by atoms with Crippen molar-refractivity contribution in [1.29, 1.82) is 0 Å². The lowest BCUT2D eigenvalue weighted by molar-refractivity contribution is 0.0993. The van der Waals surface area contributed by atoms with Gasteiger partial charge >= 0.3 is 0 Å². The van der Waals surface area contributed by atoms with Gasteiger partial charge < -0.3 is 0 Å². The zero-order valence-corrected chi connectivity index (χ0v) is 12.5. The van der Waals surface area contributed by atoms with Crippen LogP contribution in [0.2, 0.25) is 10.0 Å². The molecule has 102 valence electrons. The molecule has 0 spiro atoms. The van der Waals surface area contributed by atoms with Gasteiger partial charge in [-0.1, -0.05) is 41.4 Å². The number of aryl methyl sites for hydroxylation is 2. The third kappa shape index (κ3) is 2.74. The third-order valence-electron chi connectivity index (χ3n) is 3.76. The fourth-order valence-electron chi connectivity index (χ4n) is 2.73. The zero-order chi connectivity index (χ0) is 14.1. The predicted molar refractivity (Wildman–Crippen MR) is 83.0 cm³/mol. The number of carbonyl (C=O) groups is 1. The van der Waals surface area contributed by atoms with Gasteiger partial charge in [0.15, 0.2) is 5.78 Å². The van der Waals surface area contributed by atoms with E-state index in [9.17, 15) is 4.79 Å². The summed E-state index contributed by atoms with van der Waals surface area (Å²) in [7, 11) is 0. The van der Waals surface area contributed by atoms with Gasteiger partial charge in [-0.3, -0.25) is 4.79 Å². The van der Waals surface area contributed by atoms with Crippen molar-refractivity contribution < 1.29 is 4.79 Å². The number of carbonyl (C=O) groups excluding carboxylic acids is 1. The average Bonchev–Trinajstić information content (AvgIpc) is 2.85. The van der Waals surface area contributed by atoms with E-state index in [4.69, 9.17) is 23.2 Å². The largest absolute Gasteiger partial charge is 0.294 e. The summed E-state index contributed by atoms with van der Waals surface area (Å²) < 4.78 is 0. The second-order valence-corrected chi connectivity index (χ2v) is 6.02. The minimum atomic E-state index is 0.0320. The minimum Gasteiger partial charge on any atom is -0.294 e. The first-order valence-corrected chi connectivity index (χ1v) is 7.48. The Hall–Kier alpha value is -1.31. The molecule has 20 heavy (non-hydrogen) atoms. The monoisotopic (exact) mass is 304 g/mol. The van der Waals surface area contributed by atoms with Crippen molar-refractivity contribution in [3.8, 4) is 0 Å². The van der Waals surface area contributed by atoms with Crippen LogP contribution in [0, 0.1) is 0 Å². The Balaban J connectivity index is 1.82. The van der Waals surface area contributed by atoms with Crippen LogP contribution in [0.1, 0.15) is 33.5 Å². The molecule has 2 aromatic rings. The molecule has 1 aliphatic carbocycles. The zero-order valence-electron chi connectivity index (χ0n) is 11.0. The Morgan fingerprint density at radius 1 is 1.00 bits per heavy atom. The number of hydrogen-bond acceptors (Lipinski definition) is 1. The van der Waals surface area contributed by atoms with Gasteiger partial charge in [-0.2, -0.15) is 0 Å². The lowest BCUT2D eigenvalue weighted by Gasteiger charge is -2.06. The molecule has 1 nitrogen and oxygen atoms in total. The SMILES string of the molecule is O=C(Cc1ccc2c(c1)CCC2)c1ccc(Cl)cc1Cl. The molecular weight excluding hydrogens is 291 g/mol. The van der Waals surface area contributed by atoms with Gasteiger partial charge in [0.2, 0.25) is 0 Å². The third-order valence-corrected chi connectivity index (χ3v) is 4.31. The van der Waals surface area contributed by atoms with Crippen LogP contribution in [0.15, 0.2) is 36.4 Å². The van der Waals surface area contributed by atoms with Crippen LogP contribution in [-0.4, -0.2) is 5.78 Å². The summed E-state index contributed by atoms with van der Waals surface area (Å²) >= 11 is 11.9. The van der Waals surface area contributed by atoms with Crippen LogP contribution >= 0.6 is 23.2 Å². The molecule has 3 rings (SSSR count). The van der Waals surface area contributed by atoms with E-state index in [2.05, 4.69) is 12.1 Å². The van der Waals surface area contributed by atoms with Crippen LogP contribution in [0.3, 0.4) is 0 Å². The summed E-state index contributed by atoms with van der Waals surface area (Å²) in [4.78, 5) is 12.3. The van der Waals surface area contributed by atoms with Crippen LogP contribution in [-0.2, 0) is 19.3 Å². The second kappa shape index (κ2) is 5.59. The Labute approximate surface area is 128 Å². The standard InChI is InChI=1S/C17H14Cl2O/c18-14-6-7-15(16(19)10-14)17(20)9-11-4-5-12-2-1-3-13(12)8-11/h4-8,10H,1-3,9H2. The predicted octanol–water partition coefficient (Wildman–Crippen LogP) is 4.91. The first-order chi connectivity index (χ1) is 9.63. The highest BCUT2D eigenvalue weighted by Gasteiger charge is 2.14. The summed E-state index contributed by atoms with van der Waals surface area (Å²) in [5, 5.41) is 0.966.